The van der Waals surface area contributed by atoms with Crippen LogP contribution in [0.5, 0.6) is 0 Å². The minimum Gasteiger partial charge on any atom is -0.399 e. The molecule has 1 aromatic carbocycles. The number of nitrogen functional groups attached to an aromatic ring is 1. The summed E-state index contributed by atoms with van der Waals surface area (Å²) >= 11 is 0. The van der Waals surface area contributed by atoms with E-state index in [1.54, 1.807) is 0 Å². The van der Waals surface area contributed by atoms with Gasteiger partial charge in [-0.3, -0.25) is 0 Å². The van der Waals surface area contributed by atoms with Gasteiger partial charge in [-0.15, -0.1) is 0 Å². The van der Waals surface area contributed by atoms with Crippen molar-refractivity contribution in [2.75, 3.05) is 5.73 Å². The molecule has 0 aliphatic heterocycles. The predicted molar refractivity (Wildman–Crippen MR) is 66.4 cm³/mol. The van der Waals surface area contributed by atoms with Crippen molar-refractivity contribution in [1.82, 2.24) is 0 Å². The highest BCUT2D eigenvalue weighted by Crippen LogP contribution is 2.37. The third kappa shape index (κ3) is 2.63. The number of hydrogen-bond donors (Lipinski definition) is 1. The SMILES string of the molecule is Nc1ccc([PH](=O)C2CCCCC2)cc1. The zero-order valence-electron chi connectivity index (χ0n) is 8.91. The van der Waals surface area contributed by atoms with Crippen molar-refractivity contribution < 1.29 is 4.57 Å². The van der Waals surface area contributed by atoms with Crippen LogP contribution >= 0.6 is 7.80 Å². The molecule has 1 aromatic rings. The molecule has 1 unspecified atom stereocenters. The number of nitrogens with two attached hydrogens (primary N) is 1. The number of hydrogen-bond acceptors (Lipinski definition) is 2. The van der Waals surface area contributed by atoms with E-state index >= 15 is 0 Å². The summed E-state index contributed by atoms with van der Waals surface area (Å²) in [6.07, 6.45) is 6.09. The first-order valence-corrected chi connectivity index (χ1v) is 7.15. The van der Waals surface area contributed by atoms with Crippen LogP contribution in [0.3, 0.4) is 0 Å². The molecule has 1 fully saturated rings. The van der Waals surface area contributed by atoms with Gasteiger partial charge in [0.1, 0.15) is 7.80 Å². The van der Waals surface area contributed by atoms with E-state index in [1.165, 1.54) is 19.3 Å². The fourth-order valence-electron chi connectivity index (χ4n) is 2.25. The highest BCUT2D eigenvalue weighted by atomic mass is 31.1. The predicted octanol–water partition coefficient (Wildman–Crippen LogP) is 2.79. The molecule has 0 spiro atoms. The lowest BCUT2D eigenvalue weighted by Gasteiger charge is -2.21. The Balaban J connectivity index is 2.09. The van der Waals surface area contributed by atoms with Gasteiger partial charge in [0.2, 0.25) is 0 Å². The molecule has 1 atom stereocenters. The second kappa shape index (κ2) is 4.85. The largest absolute Gasteiger partial charge is 0.399 e. The summed E-state index contributed by atoms with van der Waals surface area (Å²) < 4.78 is 12.3. The van der Waals surface area contributed by atoms with Gasteiger partial charge in [0, 0.05) is 16.7 Å². The van der Waals surface area contributed by atoms with E-state index in [4.69, 9.17) is 5.73 Å². The van der Waals surface area contributed by atoms with E-state index in [9.17, 15) is 4.57 Å². The van der Waals surface area contributed by atoms with Gasteiger partial charge in [0.15, 0.2) is 0 Å². The first kappa shape index (κ1) is 10.8. The Bertz CT molecular complexity index is 341. The van der Waals surface area contributed by atoms with Crippen LogP contribution in [0, 0.1) is 0 Å². The molecule has 0 bridgehead atoms. The molecule has 82 valence electrons. The maximum absolute atomic E-state index is 12.3. The monoisotopic (exact) mass is 223 g/mol. The summed E-state index contributed by atoms with van der Waals surface area (Å²) in [5.74, 6) is 0. The number of benzene rings is 1. The van der Waals surface area contributed by atoms with Gasteiger partial charge in [-0.05, 0) is 37.1 Å². The summed E-state index contributed by atoms with van der Waals surface area (Å²) in [6, 6.07) is 7.54. The van der Waals surface area contributed by atoms with Gasteiger partial charge in [0.25, 0.3) is 0 Å². The number of rotatable bonds is 2. The van der Waals surface area contributed by atoms with Gasteiger partial charge < -0.3 is 10.3 Å². The Morgan fingerprint density at radius 2 is 1.67 bits per heavy atom. The van der Waals surface area contributed by atoms with E-state index < -0.39 is 7.80 Å². The summed E-state index contributed by atoms with van der Waals surface area (Å²) in [5.41, 5.74) is 6.80. The van der Waals surface area contributed by atoms with E-state index in [0.29, 0.717) is 5.66 Å². The molecule has 15 heavy (non-hydrogen) atoms. The molecule has 3 heteroatoms. The molecule has 0 aromatic heterocycles. The first-order valence-electron chi connectivity index (χ1n) is 5.67. The lowest BCUT2D eigenvalue weighted by atomic mass is 10.0. The van der Waals surface area contributed by atoms with E-state index in [0.717, 1.165) is 23.8 Å². The summed E-state index contributed by atoms with van der Waals surface area (Å²) in [6.45, 7) is 0. The lowest BCUT2D eigenvalue weighted by Crippen LogP contribution is -2.13. The Morgan fingerprint density at radius 3 is 2.27 bits per heavy atom. The fraction of sp³-hybridized carbons (Fsp3) is 0.500. The van der Waals surface area contributed by atoms with Crippen LogP contribution in [0.2, 0.25) is 0 Å². The Hall–Kier alpha value is -0.750. The standard InChI is InChI=1S/C12H18NOP/c13-10-6-8-12(9-7-10)15(14)11-4-2-1-3-5-11/h6-9,11,15H,1-5,13H2. The molecule has 0 heterocycles. The van der Waals surface area contributed by atoms with Crippen molar-refractivity contribution in [2.45, 2.75) is 37.8 Å². The van der Waals surface area contributed by atoms with Gasteiger partial charge in [-0.2, -0.15) is 0 Å². The van der Waals surface area contributed by atoms with E-state index in [-0.39, 0.29) is 0 Å². The second-order valence-corrected chi connectivity index (χ2v) is 6.44. The van der Waals surface area contributed by atoms with Crippen LogP contribution in [0.4, 0.5) is 5.69 Å². The van der Waals surface area contributed by atoms with Gasteiger partial charge in [0.05, 0.1) is 0 Å². The van der Waals surface area contributed by atoms with Crippen LogP contribution in [-0.4, -0.2) is 5.66 Å². The lowest BCUT2D eigenvalue weighted by molar-refractivity contribution is 0.494. The minimum atomic E-state index is -1.59. The molecule has 1 aliphatic rings. The average Bonchev–Trinajstić information content (AvgIpc) is 2.30. The molecule has 0 amide bonds. The maximum atomic E-state index is 12.3. The Morgan fingerprint density at radius 1 is 1.07 bits per heavy atom. The van der Waals surface area contributed by atoms with Crippen molar-refractivity contribution in [2.24, 2.45) is 0 Å². The molecule has 1 saturated carbocycles. The van der Waals surface area contributed by atoms with E-state index in [1.807, 2.05) is 24.3 Å². The van der Waals surface area contributed by atoms with Crippen LogP contribution in [0.15, 0.2) is 24.3 Å². The molecule has 2 N–H and O–H groups in total. The minimum absolute atomic E-state index is 0.437. The highest BCUT2D eigenvalue weighted by Gasteiger charge is 2.20. The molecular formula is C12H18NOP. The summed E-state index contributed by atoms with van der Waals surface area (Å²) in [4.78, 5) is 0. The van der Waals surface area contributed by atoms with Crippen LogP contribution in [0.1, 0.15) is 32.1 Å². The summed E-state index contributed by atoms with van der Waals surface area (Å²) in [5, 5.41) is 1.00. The fourth-order valence-corrected chi connectivity index (χ4v) is 4.15. The Labute approximate surface area is 91.7 Å². The van der Waals surface area contributed by atoms with Gasteiger partial charge in [-0.25, -0.2) is 0 Å². The normalized spacial score (nSPS) is 20.0. The maximum Gasteiger partial charge on any atom is 0.107 e. The van der Waals surface area contributed by atoms with Crippen LogP contribution in [0.25, 0.3) is 0 Å². The van der Waals surface area contributed by atoms with Crippen molar-refractivity contribution in [3.05, 3.63) is 24.3 Å². The Kier molecular flexibility index (Phi) is 3.48. The van der Waals surface area contributed by atoms with Gasteiger partial charge >= 0.3 is 0 Å². The molecule has 0 radical (unpaired) electrons. The third-order valence-electron chi connectivity index (χ3n) is 3.17. The second-order valence-electron chi connectivity index (χ2n) is 4.32. The van der Waals surface area contributed by atoms with Crippen LogP contribution < -0.4 is 11.0 Å². The zero-order valence-corrected chi connectivity index (χ0v) is 9.91. The quantitative estimate of drug-likeness (QED) is 0.618. The van der Waals surface area contributed by atoms with Crippen molar-refractivity contribution in [3.8, 4) is 0 Å². The number of anilines is 1. The third-order valence-corrected chi connectivity index (χ3v) is 5.39. The summed E-state index contributed by atoms with van der Waals surface area (Å²) in [7, 11) is -1.59. The topological polar surface area (TPSA) is 43.1 Å². The zero-order chi connectivity index (χ0) is 10.7. The van der Waals surface area contributed by atoms with Crippen LogP contribution in [-0.2, 0) is 4.57 Å². The van der Waals surface area contributed by atoms with Crippen molar-refractivity contribution in [3.63, 3.8) is 0 Å². The molecule has 2 rings (SSSR count). The van der Waals surface area contributed by atoms with Gasteiger partial charge in [-0.1, -0.05) is 19.3 Å². The molecule has 1 aliphatic carbocycles. The first-order chi connectivity index (χ1) is 7.27. The van der Waals surface area contributed by atoms with Crippen molar-refractivity contribution >= 4 is 18.8 Å². The molecule has 0 saturated heterocycles. The molecule has 2 nitrogen and oxygen atoms in total. The highest BCUT2D eigenvalue weighted by molar-refractivity contribution is 7.54. The van der Waals surface area contributed by atoms with Crippen molar-refractivity contribution in [1.29, 1.82) is 0 Å². The molecular weight excluding hydrogens is 205 g/mol. The smallest absolute Gasteiger partial charge is 0.107 e. The average molecular weight is 223 g/mol. The van der Waals surface area contributed by atoms with E-state index in [2.05, 4.69) is 0 Å².